The van der Waals surface area contributed by atoms with Gasteiger partial charge in [-0.2, -0.15) is 0 Å². The average Bonchev–Trinajstić information content (AvgIpc) is 2.86. The summed E-state index contributed by atoms with van der Waals surface area (Å²) in [5.74, 6) is 0. The molecule has 2 aliphatic rings. The van der Waals surface area contributed by atoms with Crippen molar-refractivity contribution in [1.29, 1.82) is 0 Å². The molecule has 0 radical (unpaired) electrons. The van der Waals surface area contributed by atoms with E-state index >= 15 is 0 Å². The van der Waals surface area contributed by atoms with E-state index in [9.17, 15) is 0 Å². The second-order valence-corrected chi connectivity index (χ2v) is 7.65. The van der Waals surface area contributed by atoms with Gasteiger partial charge in [0, 0.05) is 51.4 Å². The molecule has 1 saturated carbocycles. The Hall–Kier alpha value is -0.120. The molecule has 0 aromatic heterocycles. The van der Waals surface area contributed by atoms with E-state index in [-0.39, 0.29) is 0 Å². The smallest absolute Gasteiger partial charge is 0.0113 e. The Morgan fingerprint density at radius 3 is 2.05 bits per heavy atom. The topological polar surface area (TPSA) is 18.5 Å². The third kappa shape index (κ3) is 4.44. The molecule has 1 aliphatic heterocycles. The van der Waals surface area contributed by atoms with E-state index in [0.717, 1.165) is 0 Å². The van der Waals surface area contributed by atoms with Crippen LogP contribution in [0.4, 0.5) is 0 Å². The minimum absolute atomic E-state index is 0.560. The fourth-order valence-electron chi connectivity index (χ4n) is 3.85. The lowest BCUT2D eigenvalue weighted by Crippen LogP contribution is -2.52. The zero-order valence-corrected chi connectivity index (χ0v) is 14.1. The standard InChI is InChI=1S/C17H35N3/c1-15(2)18-13-17(7-5-6-8-17)14-19-9-11-20(12-10-19)16(3)4/h15-16,18H,5-14H2,1-4H3. The maximum absolute atomic E-state index is 3.71. The summed E-state index contributed by atoms with van der Waals surface area (Å²) in [5, 5.41) is 3.71. The lowest BCUT2D eigenvalue weighted by Gasteiger charge is -2.42. The molecule has 3 nitrogen and oxygen atoms in total. The van der Waals surface area contributed by atoms with Crippen LogP contribution in [0.25, 0.3) is 0 Å². The molecule has 0 unspecified atom stereocenters. The summed E-state index contributed by atoms with van der Waals surface area (Å²) in [6, 6.07) is 1.32. The molecule has 2 fully saturated rings. The summed E-state index contributed by atoms with van der Waals surface area (Å²) in [7, 11) is 0. The molecule has 0 aromatic rings. The molecule has 0 bridgehead atoms. The minimum atomic E-state index is 0.560. The largest absolute Gasteiger partial charge is 0.314 e. The predicted molar refractivity (Wildman–Crippen MR) is 87.2 cm³/mol. The van der Waals surface area contributed by atoms with Gasteiger partial charge in [0.1, 0.15) is 0 Å². The summed E-state index contributed by atoms with van der Waals surface area (Å²) >= 11 is 0. The van der Waals surface area contributed by atoms with Crippen LogP contribution in [0.3, 0.4) is 0 Å². The highest BCUT2D eigenvalue weighted by atomic mass is 15.3. The fourth-order valence-corrected chi connectivity index (χ4v) is 3.85. The molecule has 118 valence electrons. The molecule has 1 heterocycles. The molecular weight excluding hydrogens is 246 g/mol. The summed E-state index contributed by atoms with van der Waals surface area (Å²) in [5.41, 5.74) is 0.560. The maximum Gasteiger partial charge on any atom is 0.0113 e. The van der Waals surface area contributed by atoms with Gasteiger partial charge in [0.25, 0.3) is 0 Å². The van der Waals surface area contributed by atoms with Gasteiger partial charge < -0.3 is 10.2 Å². The highest BCUT2D eigenvalue weighted by Crippen LogP contribution is 2.38. The van der Waals surface area contributed by atoms with Gasteiger partial charge in [-0.25, -0.2) is 0 Å². The van der Waals surface area contributed by atoms with Gasteiger partial charge in [-0.3, -0.25) is 4.90 Å². The highest BCUT2D eigenvalue weighted by molar-refractivity contribution is 4.91. The van der Waals surface area contributed by atoms with Gasteiger partial charge in [0.05, 0.1) is 0 Å². The van der Waals surface area contributed by atoms with Crippen LogP contribution in [0.2, 0.25) is 0 Å². The van der Waals surface area contributed by atoms with E-state index < -0.39 is 0 Å². The van der Waals surface area contributed by atoms with Crippen LogP contribution in [0.5, 0.6) is 0 Å². The van der Waals surface area contributed by atoms with Crippen LogP contribution in [-0.4, -0.2) is 61.2 Å². The molecular formula is C17H35N3. The quantitative estimate of drug-likeness (QED) is 0.807. The molecule has 1 N–H and O–H groups in total. The van der Waals surface area contributed by atoms with Crippen LogP contribution in [-0.2, 0) is 0 Å². The Morgan fingerprint density at radius 2 is 1.55 bits per heavy atom. The lowest BCUT2D eigenvalue weighted by molar-refractivity contribution is 0.0704. The molecule has 3 heteroatoms. The molecule has 0 spiro atoms. The Morgan fingerprint density at radius 1 is 0.950 bits per heavy atom. The van der Waals surface area contributed by atoms with Crippen LogP contribution >= 0.6 is 0 Å². The molecule has 2 rings (SSSR count). The maximum atomic E-state index is 3.71. The van der Waals surface area contributed by atoms with Crippen LogP contribution in [0.15, 0.2) is 0 Å². The first-order chi connectivity index (χ1) is 9.51. The number of nitrogens with zero attached hydrogens (tertiary/aromatic N) is 2. The molecule has 0 amide bonds. The molecule has 20 heavy (non-hydrogen) atoms. The fraction of sp³-hybridized carbons (Fsp3) is 1.00. The van der Waals surface area contributed by atoms with Crippen molar-refractivity contribution in [3.8, 4) is 0 Å². The van der Waals surface area contributed by atoms with E-state index in [2.05, 4.69) is 42.8 Å². The number of nitrogens with one attached hydrogen (secondary N) is 1. The van der Waals surface area contributed by atoms with Crippen molar-refractivity contribution in [2.24, 2.45) is 5.41 Å². The van der Waals surface area contributed by atoms with Crippen molar-refractivity contribution in [3.05, 3.63) is 0 Å². The van der Waals surface area contributed by atoms with Gasteiger partial charge >= 0.3 is 0 Å². The van der Waals surface area contributed by atoms with Crippen LogP contribution in [0.1, 0.15) is 53.4 Å². The SMILES string of the molecule is CC(C)NCC1(CN2CCN(C(C)C)CC2)CCCC1. The average molecular weight is 281 g/mol. The lowest BCUT2D eigenvalue weighted by atomic mass is 9.85. The van der Waals surface area contributed by atoms with Gasteiger partial charge in [-0.15, -0.1) is 0 Å². The van der Waals surface area contributed by atoms with Crippen molar-refractivity contribution in [2.75, 3.05) is 39.3 Å². The third-order valence-electron chi connectivity index (χ3n) is 5.25. The normalized spacial score (nSPS) is 24.9. The van der Waals surface area contributed by atoms with Crippen molar-refractivity contribution in [3.63, 3.8) is 0 Å². The first-order valence-electron chi connectivity index (χ1n) is 8.71. The first-order valence-corrected chi connectivity index (χ1v) is 8.71. The van der Waals surface area contributed by atoms with E-state index in [1.54, 1.807) is 0 Å². The predicted octanol–water partition coefficient (Wildman–Crippen LogP) is 2.57. The Labute approximate surface area is 126 Å². The van der Waals surface area contributed by atoms with Crippen molar-refractivity contribution < 1.29 is 0 Å². The van der Waals surface area contributed by atoms with Gasteiger partial charge in [0.15, 0.2) is 0 Å². The molecule has 0 atom stereocenters. The second kappa shape index (κ2) is 7.24. The van der Waals surface area contributed by atoms with E-state index in [4.69, 9.17) is 0 Å². The van der Waals surface area contributed by atoms with Crippen LogP contribution < -0.4 is 5.32 Å². The zero-order valence-electron chi connectivity index (χ0n) is 14.1. The zero-order chi connectivity index (χ0) is 14.6. The molecule has 1 saturated heterocycles. The molecule has 0 aromatic carbocycles. The Bertz CT molecular complexity index is 274. The summed E-state index contributed by atoms with van der Waals surface area (Å²) in [4.78, 5) is 5.34. The minimum Gasteiger partial charge on any atom is -0.314 e. The number of piperazine rings is 1. The van der Waals surface area contributed by atoms with Crippen LogP contribution in [0, 0.1) is 5.41 Å². The monoisotopic (exact) mass is 281 g/mol. The van der Waals surface area contributed by atoms with E-state index in [1.165, 1.54) is 65.0 Å². The summed E-state index contributed by atoms with van der Waals surface area (Å²) < 4.78 is 0. The summed E-state index contributed by atoms with van der Waals surface area (Å²) in [6.07, 6.45) is 5.73. The highest BCUT2D eigenvalue weighted by Gasteiger charge is 2.36. The van der Waals surface area contributed by atoms with Crippen molar-refractivity contribution >= 4 is 0 Å². The van der Waals surface area contributed by atoms with Gasteiger partial charge in [-0.05, 0) is 32.1 Å². The van der Waals surface area contributed by atoms with Crippen molar-refractivity contribution in [2.45, 2.75) is 65.5 Å². The Balaban J connectivity index is 1.83. The summed E-state index contributed by atoms with van der Waals surface area (Å²) in [6.45, 7) is 16.8. The van der Waals surface area contributed by atoms with Gasteiger partial charge in [0.2, 0.25) is 0 Å². The third-order valence-corrected chi connectivity index (χ3v) is 5.25. The van der Waals surface area contributed by atoms with E-state index in [0.29, 0.717) is 17.5 Å². The second-order valence-electron chi connectivity index (χ2n) is 7.65. The number of hydrogen-bond donors (Lipinski definition) is 1. The van der Waals surface area contributed by atoms with E-state index in [1.807, 2.05) is 0 Å². The van der Waals surface area contributed by atoms with Crippen molar-refractivity contribution in [1.82, 2.24) is 15.1 Å². The molecule has 1 aliphatic carbocycles. The Kier molecular flexibility index (Phi) is 5.88. The number of hydrogen-bond acceptors (Lipinski definition) is 3. The first kappa shape index (κ1) is 16.3. The number of rotatable bonds is 6. The van der Waals surface area contributed by atoms with Gasteiger partial charge in [-0.1, -0.05) is 26.7 Å².